The van der Waals surface area contributed by atoms with Crippen molar-refractivity contribution in [1.82, 2.24) is 9.97 Å². The Labute approximate surface area is 167 Å². The predicted molar refractivity (Wildman–Crippen MR) is 113 cm³/mol. The number of carbonyl (C=O) groups is 1. The lowest BCUT2D eigenvalue weighted by molar-refractivity contribution is 0.0994. The van der Waals surface area contributed by atoms with Crippen LogP contribution in [0, 0.1) is 13.8 Å². The summed E-state index contributed by atoms with van der Waals surface area (Å²) in [6, 6.07) is 16.5. The number of nitrogens with zero attached hydrogens (tertiary/aromatic N) is 2. The van der Waals surface area contributed by atoms with E-state index in [4.69, 9.17) is 4.42 Å². The number of pyridine rings is 1. The second-order valence-electron chi connectivity index (χ2n) is 6.61. The minimum Gasteiger partial charge on any atom is -0.506 e. The minimum atomic E-state index is -0.349. The highest BCUT2D eigenvalue weighted by Gasteiger charge is 2.16. The van der Waals surface area contributed by atoms with Crippen LogP contribution in [0.4, 0.5) is 5.69 Å². The summed E-state index contributed by atoms with van der Waals surface area (Å²) in [5.41, 5.74) is 3.25. The van der Waals surface area contributed by atoms with Gasteiger partial charge in [0.15, 0.2) is 5.89 Å². The molecule has 0 radical (unpaired) electrons. The molecule has 0 atom stereocenters. The summed E-state index contributed by atoms with van der Waals surface area (Å²) in [6.07, 6.45) is 3.70. The van der Waals surface area contributed by atoms with Crippen molar-refractivity contribution in [3.05, 3.63) is 83.2 Å². The fraction of sp³-hybridized carbons (Fsp3) is 0.0870. The molecule has 2 aromatic carbocycles. The Bertz CT molecular complexity index is 1240. The summed E-state index contributed by atoms with van der Waals surface area (Å²) in [5, 5.41) is 13.7. The van der Waals surface area contributed by atoms with Gasteiger partial charge in [-0.25, -0.2) is 9.97 Å². The number of hydrogen-bond acceptors (Lipinski definition) is 5. The van der Waals surface area contributed by atoms with E-state index in [9.17, 15) is 9.90 Å². The van der Waals surface area contributed by atoms with Crippen molar-refractivity contribution in [2.24, 2.45) is 0 Å². The summed E-state index contributed by atoms with van der Waals surface area (Å²) in [4.78, 5) is 21.2. The van der Waals surface area contributed by atoms with E-state index in [1.54, 1.807) is 26.0 Å². The molecule has 2 heterocycles. The van der Waals surface area contributed by atoms with E-state index >= 15 is 0 Å². The summed E-state index contributed by atoms with van der Waals surface area (Å²) in [6.45, 7) is 3.44. The van der Waals surface area contributed by atoms with E-state index in [1.165, 1.54) is 0 Å². The molecule has 0 spiro atoms. The third kappa shape index (κ3) is 3.87. The fourth-order valence-corrected chi connectivity index (χ4v) is 3.09. The number of aromatic nitrogens is 2. The highest BCUT2D eigenvalue weighted by Crippen LogP contribution is 2.24. The summed E-state index contributed by atoms with van der Waals surface area (Å²) in [7, 11) is 0. The Balaban J connectivity index is 1.61. The van der Waals surface area contributed by atoms with Crippen LogP contribution in [0.15, 0.2) is 59.0 Å². The van der Waals surface area contributed by atoms with Crippen LogP contribution in [0.1, 0.15) is 33.4 Å². The van der Waals surface area contributed by atoms with Gasteiger partial charge in [0.25, 0.3) is 5.91 Å². The first-order valence-corrected chi connectivity index (χ1v) is 9.12. The Morgan fingerprint density at radius 3 is 2.62 bits per heavy atom. The molecular weight excluding hydrogens is 366 g/mol. The van der Waals surface area contributed by atoms with Crippen LogP contribution >= 0.6 is 0 Å². The number of aromatic hydroxyl groups is 1. The molecule has 6 heteroatoms. The predicted octanol–water partition coefficient (Wildman–Crippen LogP) is 4.97. The lowest BCUT2D eigenvalue weighted by atomic mass is 10.1. The Hall–Kier alpha value is -3.93. The molecule has 0 saturated carbocycles. The lowest BCUT2D eigenvalue weighted by Crippen LogP contribution is -2.13. The van der Waals surface area contributed by atoms with Gasteiger partial charge >= 0.3 is 0 Å². The second-order valence-corrected chi connectivity index (χ2v) is 6.61. The van der Waals surface area contributed by atoms with Crippen LogP contribution in [0.3, 0.4) is 0 Å². The first kappa shape index (κ1) is 18.4. The molecule has 2 N–H and O–H groups in total. The van der Waals surface area contributed by atoms with Crippen LogP contribution in [-0.4, -0.2) is 21.0 Å². The fourth-order valence-electron chi connectivity index (χ4n) is 3.09. The molecule has 2 aromatic heterocycles. The number of fused-ring (bicyclic) bond motifs is 1. The average Bonchev–Trinajstić information content (AvgIpc) is 3.06. The van der Waals surface area contributed by atoms with Gasteiger partial charge < -0.3 is 14.8 Å². The molecule has 1 amide bonds. The van der Waals surface area contributed by atoms with E-state index < -0.39 is 0 Å². The standard InChI is InChI=1S/C23H19N3O3/c1-14-22(29-15(2)24-14)23(28)26-19-8-4-3-6-16(19)10-12-18-13-11-17-7-5-9-20(27)21(17)25-18/h3-13,27H,1-2H3,(H,26,28)/b12-10+. The van der Waals surface area contributed by atoms with Gasteiger partial charge in [-0.3, -0.25) is 4.79 Å². The van der Waals surface area contributed by atoms with Crippen LogP contribution in [0.5, 0.6) is 5.75 Å². The minimum absolute atomic E-state index is 0.142. The van der Waals surface area contributed by atoms with Gasteiger partial charge in [-0.15, -0.1) is 0 Å². The topological polar surface area (TPSA) is 88.2 Å². The largest absolute Gasteiger partial charge is 0.506 e. The van der Waals surface area contributed by atoms with Crippen molar-refractivity contribution in [3.63, 3.8) is 0 Å². The number of rotatable bonds is 4. The second kappa shape index (κ2) is 7.59. The third-order valence-corrected chi connectivity index (χ3v) is 4.47. The van der Waals surface area contributed by atoms with E-state index in [0.717, 1.165) is 10.9 Å². The number of amides is 1. The third-order valence-electron chi connectivity index (χ3n) is 4.47. The van der Waals surface area contributed by atoms with Crippen molar-refractivity contribution in [2.75, 3.05) is 5.32 Å². The van der Waals surface area contributed by atoms with E-state index in [0.29, 0.717) is 28.5 Å². The van der Waals surface area contributed by atoms with E-state index in [1.807, 2.05) is 54.6 Å². The highest BCUT2D eigenvalue weighted by molar-refractivity contribution is 6.04. The number of aryl methyl sites for hydroxylation is 2. The summed E-state index contributed by atoms with van der Waals surface area (Å²) < 4.78 is 5.39. The highest BCUT2D eigenvalue weighted by atomic mass is 16.4. The molecular formula is C23H19N3O3. The van der Waals surface area contributed by atoms with Crippen LogP contribution < -0.4 is 5.32 Å². The molecule has 6 nitrogen and oxygen atoms in total. The van der Waals surface area contributed by atoms with Gasteiger partial charge in [0.2, 0.25) is 5.76 Å². The molecule has 4 rings (SSSR count). The van der Waals surface area contributed by atoms with Gasteiger partial charge in [0.05, 0.1) is 11.4 Å². The van der Waals surface area contributed by atoms with Crippen molar-refractivity contribution < 1.29 is 14.3 Å². The van der Waals surface area contributed by atoms with Crippen LogP contribution in [0.25, 0.3) is 23.1 Å². The van der Waals surface area contributed by atoms with Crippen molar-refractivity contribution >= 4 is 34.6 Å². The lowest BCUT2D eigenvalue weighted by Gasteiger charge is -2.07. The molecule has 0 aliphatic heterocycles. The van der Waals surface area contributed by atoms with Gasteiger partial charge in [-0.05, 0) is 36.8 Å². The number of hydrogen-bond donors (Lipinski definition) is 2. The zero-order chi connectivity index (χ0) is 20.4. The number of oxazole rings is 1. The number of carbonyl (C=O) groups excluding carboxylic acids is 1. The Kier molecular flexibility index (Phi) is 4.83. The van der Waals surface area contributed by atoms with Crippen molar-refractivity contribution in [3.8, 4) is 5.75 Å². The SMILES string of the molecule is Cc1nc(C)c(C(=O)Nc2ccccc2/C=C/c2ccc3cccc(O)c3n2)o1. The Morgan fingerprint density at radius 2 is 1.83 bits per heavy atom. The zero-order valence-corrected chi connectivity index (χ0v) is 16.0. The zero-order valence-electron chi connectivity index (χ0n) is 16.0. The van der Waals surface area contributed by atoms with Gasteiger partial charge in [0, 0.05) is 18.0 Å². The van der Waals surface area contributed by atoms with Crippen molar-refractivity contribution in [1.29, 1.82) is 0 Å². The van der Waals surface area contributed by atoms with Gasteiger partial charge in [-0.2, -0.15) is 0 Å². The molecule has 4 aromatic rings. The molecule has 0 bridgehead atoms. The number of anilines is 1. The van der Waals surface area contributed by atoms with Gasteiger partial charge in [0.1, 0.15) is 11.3 Å². The monoisotopic (exact) mass is 385 g/mol. The number of phenolic OH excluding ortho intramolecular Hbond substituents is 1. The van der Waals surface area contributed by atoms with Crippen LogP contribution in [0.2, 0.25) is 0 Å². The molecule has 0 aliphatic carbocycles. The summed E-state index contributed by atoms with van der Waals surface area (Å²) >= 11 is 0. The molecule has 29 heavy (non-hydrogen) atoms. The molecule has 0 unspecified atom stereocenters. The van der Waals surface area contributed by atoms with Gasteiger partial charge in [-0.1, -0.05) is 42.5 Å². The molecule has 0 fully saturated rings. The molecule has 144 valence electrons. The number of benzene rings is 2. The maximum atomic E-state index is 12.5. The quantitative estimate of drug-likeness (QED) is 0.518. The molecule has 0 saturated heterocycles. The number of para-hydroxylation sites is 2. The van der Waals surface area contributed by atoms with E-state index in [-0.39, 0.29) is 17.4 Å². The number of nitrogens with one attached hydrogen (secondary N) is 1. The average molecular weight is 385 g/mol. The first-order valence-electron chi connectivity index (χ1n) is 9.12. The summed E-state index contributed by atoms with van der Waals surface area (Å²) in [5.74, 6) is 0.445. The maximum Gasteiger partial charge on any atom is 0.293 e. The smallest absolute Gasteiger partial charge is 0.293 e. The number of phenols is 1. The Morgan fingerprint density at radius 1 is 1.00 bits per heavy atom. The van der Waals surface area contributed by atoms with Crippen molar-refractivity contribution in [2.45, 2.75) is 13.8 Å². The van der Waals surface area contributed by atoms with Crippen LogP contribution in [-0.2, 0) is 0 Å². The van der Waals surface area contributed by atoms with E-state index in [2.05, 4.69) is 15.3 Å². The first-order chi connectivity index (χ1) is 14.0. The normalized spacial score (nSPS) is 11.2. The molecule has 0 aliphatic rings. The maximum absolute atomic E-state index is 12.5.